The Labute approximate surface area is 107 Å². The molecule has 3 nitrogen and oxygen atoms in total. The molecule has 0 unspecified atom stereocenters. The molecule has 0 fully saturated rings. The summed E-state index contributed by atoms with van der Waals surface area (Å²) in [5, 5.41) is 0. The van der Waals surface area contributed by atoms with Gasteiger partial charge in [0.25, 0.3) is 0 Å². The molecule has 0 aliphatic carbocycles. The average molecular weight is 242 g/mol. The fourth-order valence-corrected chi connectivity index (χ4v) is 1.33. The Hall–Kier alpha value is -2.29. The van der Waals surface area contributed by atoms with Crippen LogP contribution in [0.15, 0.2) is 42.5 Å². The fraction of sp³-hybridized carbons (Fsp3) is 0.133. The number of aryl methyl sites for hydroxylation is 2. The highest BCUT2D eigenvalue weighted by atomic mass is 16.1. The van der Waals surface area contributed by atoms with E-state index < -0.39 is 0 Å². The fourth-order valence-electron chi connectivity index (χ4n) is 1.33. The molecule has 0 radical (unpaired) electrons. The predicted octanol–water partition coefficient (Wildman–Crippen LogP) is 2.97. The molecule has 0 aliphatic heterocycles. The van der Waals surface area contributed by atoms with Crippen molar-refractivity contribution in [3.05, 3.63) is 59.2 Å². The third kappa shape index (κ3) is 4.29. The molecule has 0 heterocycles. The zero-order valence-electron chi connectivity index (χ0n) is 10.7. The van der Waals surface area contributed by atoms with Gasteiger partial charge in [0.15, 0.2) is 6.29 Å². The van der Waals surface area contributed by atoms with E-state index in [2.05, 4.69) is 38.1 Å². The third-order valence-electron chi connectivity index (χ3n) is 2.46. The van der Waals surface area contributed by atoms with Gasteiger partial charge in [-0.25, -0.2) is 0 Å². The van der Waals surface area contributed by atoms with Gasteiger partial charge in [-0.1, -0.05) is 35.4 Å². The Balaban J connectivity index is 0.000000184. The van der Waals surface area contributed by atoms with Crippen LogP contribution in [0.1, 0.15) is 21.5 Å². The highest BCUT2D eigenvalue weighted by Gasteiger charge is 1.95. The van der Waals surface area contributed by atoms with E-state index in [0.29, 0.717) is 23.2 Å². The summed E-state index contributed by atoms with van der Waals surface area (Å²) in [6.45, 7) is 4.19. The molecule has 0 bridgehead atoms. The standard InChI is InChI=1S/C8H10.C7H8N2O/c1-7-3-5-8(2)6-4-7;8-6-1-2-7(9)5(3-6)4-10/h3-6H,1-2H3;1-4H,8-9H2. The van der Waals surface area contributed by atoms with Crippen molar-refractivity contribution in [2.45, 2.75) is 13.8 Å². The summed E-state index contributed by atoms with van der Waals surface area (Å²) in [5.41, 5.74) is 14.9. The number of aldehydes is 1. The van der Waals surface area contributed by atoms with E-state index in [0.717, 1.165) is 0 Å². The van der Waals surface area contributed by atoms with Crippen molar-refractivity contribution < 1.29 is 4.79 Å². The summed E-state index contributed by atoms with van der Waals surface area (Å²) in [6, 6.07) is 13.3. The molecule has 0 spiro atoms. The molecular weight excluding hydrogens is 224 g/mol. The number of carbonyl (C=O) groups excluding carboxylic acids is 1. The summed E-state index contributed by atoms with van der Waals surface area (Å²) in [6.07, 6.45) is 0.686. The highest BCUT2D eigenvalue weighted by Crippen LogP contribution is 2.12. The molecule has 0 saturated heterocycles. The summed E-state index contributed by atoms with van der Waals surface area (Å²) in [7, 11) is 0. The summed E-state index contributed by atoms with van der Waals surface area (Å²) < 4.78 is 0. The normalized spacial score (nSPS) is 9.22. The van der Waals surface area contributed by atoms with Crippen LogP contribution in [-0.2, 0) is 0 Å². The molecule has 0 aliphatic rings. The van der Waals surface area contributed by atoms with Crippen molar-refractivity contribution >= 4 is 17.7 Å². The maximum absolute atomic E-state index is 10.2. The van der Waals surface area contributed by atoms with Gasteiger partial charge < -0.3 is 11.5 Å². The molecule has 94 valence electrons. The molecule has 0 aromatic heterocycles. The van der Waals surface area contributed by atoms with Gasteiger partial charge in [0.1, 0.15) is 0 Å². The van der Waals surface area contributed by atoms with E-state index in [1.165, 1.54) is 11.1 Å². The lowest BCUT2D eigenvalue weighted by atomic mass is 10.2. The molecule has 3 heteroatoms. The van der Waals surface area contributed by atoms with Gasteiger partial charge in [-0.05, 0) is 32.0 Å². The number of benzene rings is 2. The predicted molar refractivity (Wildman–Crippen MR) is 76.6 cm³/mol. The van der Waals surface area contributed by atoms with Crippen LogP contribution in [0.3, 0.4) is 0 Å². The Morgan fingerprint density at radius 3 is 1.78 bits per heavy atom. The van der Waals surface area contributed by atoms with Gasteiger partial charge in [-0.3, -0.25) is 4.79 Å². The summed E-state index contributed by atoms with van der Waals surface area (Å²) in [4.78, 5) is 10.2. The number of nitrogens with two attached hydrogens (primary N) is 2. The molecule has 18 heavy (non-hydrogen) atoms. The van der Waals surface area contributed by atoms with E-state index in [1.807, 2.05) is 0 Å². The minimum atomic E-state index is 0.444. The van der Waals surface area contributed by atoms with Crippen molar-refractivity contribution in [1.29, 1.82) is 0 Å². The zero-order valence-corrected chi connectivity index (χ0v) is 10.7. The topological polar surface area (TPSA) is 69.1 Å². The molecule has 2 aromatic rings. The Kier molecular flexibility index (Phi) is 4.93. The minimum absolute atomic E-state index is 0.444. The Morgan fingerprint density at radius 2 is 1.39 bits per heavy atom. The number of rotatable bonds is 1. The van der Waals surface area contributed by atoms with Gasteiger partial charge in [-0.2, -0.15) is 0 Å². The van der Waals surface area contributed by atoms with Gasteiger partial charge in [0.2, 0.25) is 0 Å². The average Bonchev–Trinajstić information content (AvgIpc) is 2.37. The first-order valence-electron chi connectivity index (χ1n) is 5.66. The SMILES string of the molecule is Cc1ccc(C)cc1.Nc1ccc(N)c(C=O)c1. The van der Waals surface area contributed by atoms with Crippen LogP contribution in [0.5, 0.6) is 0 Å². The number of hydrogen-bond acceptors (Lipinski definition) is 3. The number of nitrogen functional groups attached to an aromatic ring is 2. The van der Waals surface area contributed by atoms with Crippen molar-refractivity contribution in [2.75, 3.05) is 11.5 Å². The molecule has 0 amide bonds. The summed E-state index contributed by atoms with van der Waals surface area (Å²) >= 11 is 0. The monoisotopic (exact) mass is 242 g/mol. The lowest BCUT2D eigenvalue weighted by Crippen LogP contribution is -1.94. The first-order chi connectivity index (χ1) is 8.52. The van der Waals surface area contributed by atoms with Gasteiger partial charge in [0.05, 0.1) is 0 Å². The quantitative estimate of drug-likeness (QED) is 0.596. The van der Waals surface area contributed by atoms with Crippen LogP contribution in [0.2, 0.25) is 0 Å². The number of carbonyl (C=O) groups is 1. The second-order valence-corrected chi connectivity index (χ2v) is 4.16. The number of anilines is 2. The van der Waals surface area contributed by atoms with E-state index >= 15 is 0 Å². The highest BCUT2D eigenvalue weighted by molar-refractivity contribution is 5.84. The van der Waals surface area contributed by atoms with E-state index in [1.54, 1.807) is 18.2 Å². The minimum Gasteiger partial charge on any atom is -0.399 e. The Morgan fingerprint density at radius 1 is 0.889 bits per heavy atom. The largest absolute Gasteiger partial charge is 0.399 e. The summed E-state index contributed by atoms with van der Waals surface area (Å²) in [5.74, 6) is 0. The van der Waals surface area contributed by atoms with E-state index in [4.69, 9.17) is 11.5 Å². The van der Waals surface area contributed by atoms with Crippen LogP contribution in [0, 0.1) is 13.8 Å². The zero-order chi connectivity index (χ0) is 13.5. The maximum atomic E-state index is 10.2. The molecule has 0 atom stereocenters. The van der Waals surface area contributed by atoms with Crippen molar-refractivity contribution in [1.82, 2.24) is 0 Å². The maximum Gasteiger partial charge on any atom is 0.152 e. The first kappa shape index (κ1) is 13.8. The van der Waals surface area contributed by atoms with Crippen LogP contribution in [0.25, 0.3) is 0 Å². The lowest BCUT2D eigenvalue weighted by molar-refractivity contribution is 0.112. The van der Waals surface area contributed by atoms with Crippen LogP contribution in [0.4, 0.5) is 11.4 Å². The van der Waals surface area contributed by atoms with Gasteiger partial charge >= 0.3 is 0 Å². The molecule has 2 aromatic carbocycles. The van der Waals surface area contributed by atoms with Crippen molar-refractivity contribution in [2.24, 2.45) is 0 Å². The van der Waals surface area contributed by atoms with E-state index in [9.17, 15) is 4.79 Å². The lowest BCUT2D eigenvalue weighted by Gasteiger charge is -1.97. The molecule has 4 N–H and O–H groups in total. The Bertz CT molecular complexity index is 498. The smallest absolute Gasteiger partial charge is 0.152 e. The number of hydrogen-bond donors (Lipinski definition) is 2. The van der Waals surface area contributed by atoms with Gasteiger partial charge in [0, 0.05) is 16.9 Å². The van der Waals surface area contributed by atoms with E-state index in [-0.39, 0.29) is 0 Å². The van der Waals surface area contributed by atoms with Crippen LogP contribution in [-0.4, -0.2) is 6.29 Å². The van der Waals surface area contributed by atoms with Crippen molar-refractivity contribution in [3.63, 3.8) is 0 Å². The molecule has 2 rings (SSSR count). The van der Waals surface area contributed by atoms with Crippen LogP contribution >= 0.6 is 0 Å². The molecule has 0 saturated carbocycles. The van der Waals surface area contributed by atoms with Crippen molar-refractivity contribution in [3.8, 4) is 0 Å². The second-order valence-electron chi connectivity index (χ2n) is 4.16. The second kappa shape index (κ2) is 6.45. The van der Waals surface area contributed by atoms with Gasteiger partial charge in [-0.15, -0.1) is 0 Å². The first-order valence-corrected chi connectivity index (χ1v) is 5.66. The third-order valence-corrected chi connectivity index (χ3v) is 2.46. The molecular formula is C15H18N2O. The van der Waals surface area contributed by atoms with Crippen LogP contribution < -0.4 is 11.5 Å².